The largest absolute Gasteiger partial charge is 0.496 e. The van der Waals surface area contributed by atoms with Crippen LogP contribution in [0, 0.1) is 5.82 Å². The summed E-state index contributed by atoms with van der Waals surface area (Å²) in [6.07, 6.45) is 0.584. The Hall–Kier alpha value is -0.840. The molecule has 0 aliphatic rings. The SMILES string of the molecule is CCC[C@@H](O)[C@@H](N)c1c(F)cccc1OC.Cl. The molecule has 0 aliphatic heterocycles. The van der Waals surface area contributed by atoms with E-state index >= 15 is 0 Å². The van der Waals surface area contributed by atoms with Crippen molar-refractivity contribution in [2.75, 3.05) is 7.11 Å². The first-order chi connectivity index (χ1) is 7.61. The predicted octanol–water partition coefficient (Wildman–Crippen LogP) is 2.42. The zero-order chi connectivity index (χ0) is 12.1. The Labute approximate surface area is 107 Å². The number of hydrogen-bond acceptors (Lipinski definition) is 3. The maximum Gasteiger partial charge on any atom is 0.131 e. The molecule has 1 aromatic carbocycles. The number of methoxy groups -OCH3 is 1. The molecular formula is C12H19ClFNO2. The fourth-order valence-corrected chi connectivity index (χ4v) is 1.69. The van der Waals surface area contributed by atoms with Crippen molar-refractivity contribution in [3.05, 3.63) is 29.6 Å². The number of ether oxygens (including phenoxy) is 1. The van der Waals surface area contributed by atoms with E-state index in [0.29, 0.717) is 12.2 Å². The highest BCUT2D eigenvalue weighted by Gasteiger charge is 2.22. The average Bonchev–Trinajstić information content (AvgIpc) is 2.28. The van der Waals surface area contributed by atoms with Gasteiger partial charge >= 0.3 is 0 Å². The molecule has 0 bridgehead atoms. The first-order valence-corrected chi connectivity index (χ1v) is 5.37. The minimum atomic E-state index is -0.754. The van der Waals surface area contributed by atoms with Crippen molar-refractivity contribution in [1.82, 2.24) is 0 Å². The van der Waals surface area contributed by atoms with E-state index in [-0.39, 0.29) is 18.0 Å². The van der Waals surface area contributed by atoms with Gasteiger partial charge in [-0.3, -0.25) is 0 Å². The van der Waals surface area contributed by atoms with Crippen LogP contribution in [0.1, 0.15) is 31.4 Å². The van der Waals surface area contributed by atoms with Crippen molar-refractivity contribution in [2.45, 2.75) is 31.9 Å². The van der Waals surface area contributed by atoms with Gasteiger partial charge in [0.1, 0.15) is 11.6 Å². The van der Waals surface area contributed by atoms with E-state index < -0.39 is 18.0 Å². The van der Waals surface area contributed by atoms with E-state index in [9.17, 15) is 9.50 Å². The van der Waals surface area contributed by atoms with Crippen LogP contribution in [0.5, 0.6) is 5.75 Å². The summed E-state index contributed by atoms with van der Waals surface area (Å²) in [6, 6.07) is 3.75. The number of aliphatic hydroxyl groups is 1. The highest BCUT2D eigenvalue weighted by Crippen LogP contribution is 2.29. The Morgan fingerprint density at radius 1 is 1.47 bits per heavy atom. The van der Waals surface area contributed by atoms with Crippen LogP contribution in [0.25, 0.3) is 0 Å². The van der Waals surface area contributed by atoms with Gasteiger partial charge in [-0.2, -0.15) is 0 Å². The molecule has 3 N–H and O–H groups in total. The third kappa shape index (κ3) is 3.84. The number of benzene rings is 1. The van der Waals surface area contributed by atoms with E-state index in [1.807, 2.05) is 6.92 Å². The molecule has 2 atom stereocenters. The average molecular weight is 264 g/mol. The molecule has 0 saturated heterocycles. The monoisotopic (exact) mass is 263 g/mol. The summed E-state index contributed by atoms with van der Waals surface area (Å²) in [5.41, 5.74) is 6.07. The minimum Gasteiger partial charge on any atom is -0.496 e. The summed E-state index contributed by atoms with van der Waals surface area (Å²) in [5.74, 6) is -0.0651. The van der Waals surface area contributed by atoms with Crippen LogP contribution in [-0.2, 0) is 0 Å². The van der Waals surface area contributed by atoms with Gasteiger partial charge in [-0.15, -0.1) is 12.4 Å². The fraction of sp³-hybridized carbons (Fsp3) is 0.500. The van der Waals surface area contributed by atoms with Crippen molar-refractivity contribution < 1.29 is 14.2 Å². The lowest BCUT2D eigenvalue weighted by molar-refractivity contribution is 0.131. The molecular weight excluding hydrogens is 245 g/mol. The lowest BCUT2D eigenvalue weighted by atomic mass is 9.98. The molecule has 0 spiro atoms. The molecule has 0 aliphatic carbocycles. The van der Waals surface area contributed by atoms with Gasteiger partial charge in [0, 0.05) is 5.56 Å². The van der Waals surface area contributed by atoms with Crippen molar-refractivity contribution in [1.29, 1.82) is 0 Å². The van der Waals surface area contributed by atoms with Crippen molar-refractivity contribution in [2.24, 2.45) is 5.73 Å². The third-order valence-corrected chi connectivity index (χ3v) is 2.57. The molecule has 1 rings (SSSR count). The van der Waals surface area contributed by atoms with Gasteiger partial charge in [0.2, 0.25) is 0 Å². The molecule has 0 aromatic heterocycles. The molecule has 0 amide bonds. The van der Waals surface area contributed by atoms with Gasteiger partial charge in [0.05, 0.1) is 19.3 Å². The number of halogens is 2. The summed E-state index contributed by atoms with van der Waals surface area (Å²) in [4.78, 5) is 0. The van der Waals surface area contributed by atoms with Gasteiger partial charge in [0.25, 0.3) is 0 Å². The zero-order valence-corrected chi connectivity index (χ0v) is 10.8. The number of hydrogen-bond donors (Lipinski definition) is 2. The molecule has 0 saturated carbocycles. The second kappa shape index (κ2) is 7.48. The standard InChI is InChI=1S/C12H18FNO2.ClH/c1-3-5-9(15)12(14)11-8(13)6-4-7-10(11)16-2;/h4,6-7,9,12,15H,3,5,14H2,1-2H3;1H/t9-,12-;/m1./s1. The van der Waals surface area contributed by atoms with Crippen LogP contribution in [0.15, 0.2) is 18.2 Å². The first kappa shape index (κ1) is 16.2. The van der Waals surface area contributed by atoms with Crippen LogP contribution in [0.3, 0.4) is 0 Å². The molecule has 0 heterocycles. The molecule has 98 valence electrons. The Balaban J connectivity index is 0.00000256. The van der Waals surface area contributed by atoms with E-state index in [1.54, 1.807) is 12.1 Å². The molecule has 17 heavy (non-hydrogen) atoms. The van der Waals surface area contributed by atoms with E-state index in [0.717, 1.165) is 6.42 Å². The first-order valence-electron chi connectivity index (χ1n) is 5.37. The Morgan fingerprint density at radius 2 is 2.12 bits per heavy atom. The molecule has 3 nitrogen and oxygen atoms in total. The highest BCUT2D eigenvalue weighted by atomic mass is 35.5. The van der Waals surface area contributed by atoms with E-state index in [1.165, 1.54) is 13.2 Å². The van der Waals surface area contributed by atoms with Gasteiger partial charge in [-0.1, -0.05) is 19.4 Å². The van der Waals surface area contributed by atoms with Crippen LogP contribution in [0.4, 0.5) is 4.39 Å². The minimum absolute atomic E-state index is 0. The molecule has 0 unspecified atom stereocenters. The second-order valence-electron chi connectivity index (χ2n) is 3.74. The summed E-state index contributed by atoms with van der Waals surface area (Å²) in [7, 11) is 1.46. The van der Waals surface area contributed by atoms with Crippen LogP contribution >= 0.6 is 12.4 Å². The lowest BCUT2D eigenvalue weighted by Crippen LogP contribution is -2.27. The van der Waals surface area contributed by atoms with Crippen LogP contribution in [0.2, 0.25) is 0 Å². The van der Waals surface area contributed by atoms with Gasteiger partial charge in [-0.25, -0.2) is 4.39 Å². The summed E-state index contributed by atoms with van der Waals surface area (Å²) >= 11 is 0. The number of rotatable bonds is 5. The number of aliphatic hydroxyl groups excluding tert-OH is 1. The fourth-order valence-electron chi connectivity index (χ4n) is 1.69. The summed E-state index contributed by atoms with van der Waals surface area (Å²) < 4.78 is 18.7. The lowest BCUT2D eigenvalue weighted by Gasteiger charge is -2.21. The predicted molar refractivity (Wildman–Crippen MR) is 68.0 cm³/mol. The summed E-state index contributed by atoms with van der Waals surface area (Å²) in [5, 5.41) is 9.77. The summed E-state index contributed by atoms with van der Waals surface area (Å²) in [6.45, 7) is 1.94. The molecule has 1 aromatic rings. The highest BCUT2D eigenvalue weighted by molar-refractivity contribution is 5.85. The van der Waals surface area contributed by atoms with Crippen LogP contribution < -0.4 is 10.5 Å². The topological polar surface area (TPSA) is 55.5 Å². The van der Waals surface area contributed by atoms with E-state index in [4.69, 9.17) is 10.5 Å². The smallest absolute Gasteiger partial charge is 0.131 e. The molecule has 5 heteroatoms. The Bertz CT molecular complexity index is 349. The van der Waals surface area contributed by atoms with Crippen molar-refractivity contribution in [3.8, 4) is 5.75 Å². The quantitative estimate of drug-likeness (QED) is 0.858. The van der Waals surface area contributed by atoms with Gasteiger partial charge < -0.3 is 15.6 Å². The molecule has 0 radical (unpaired) electrons. The maximum absolute atomic E-state index is 13.6. The van der Waals surface area contributed by atoms with Crippen molar-refractivity contribution >= 4 is 12.4 Å². The Kier molecular flexibility index (Phi) is 7.11. The third-order valence-electron chi connectivity index (χ3n) is 2.57. The normalized spacial score (nSPS) is 13.7. The zero-order valence-electron chi connectivity index (χ0n) is 10.0. The Morgan fingerprint density at radius 3 is 2.65 bits per heavy atom. The van der Waals surface area contributed by atoms with Gasteiger partial charge in [-0.05, 0) is 18.6 Å². The molecule has 0 fully saturated rings. The van der Waals surface area contributed by atoms with Crippen LogP contribution in [-0.4, -0.2) is 18.3 Å². The van der Waals surface area contributed by atoms with Crippen molar-refractivity contribution in [3.63, 3.8) is 0 Å². The van der Waals surface area contributed by atoms with Gasteiger partial charge in [0.15, 0.2) is 0 Å². The number of nitrogens with two attached hydrogens (primary N) is 1. The maximum atomic E-state index is 13.6. The van der Waals surface area contributed by atoms with E-state index in [2.05, 4.69) is 0 Å². The second-order valence-corrected chi connectivity index (χ2v) is 3.74.